The molecule has 0 aliphatic heterocycles. The average Bonchev–Trinajstić information content (AvgIpc) is 2.75. The standard InChI is InChI=1S/C11H8FNO4/c12-7-2-1-3-9(4-7)16-6-8-5-10(11(14)15)17-13-8/h1-5H,6H2,(H,14,15). The molecule has 0 amide bonds. The zero-order chi connectivity index (χ0) is 12.3. The second-order valence-corrected chi connectivity index (χ2v) is 3.23. The lowest BCUT2D eigenvalue weighted by Gasteiger charge is -2.02. The summed E-state index contributed by atoms with van der Waals surface area (Å²) in [7, 11) is 0. The minimum atomic E-state index is -1.20. The number of rotatable bonds is 4. The summed E-state index contributed by atoms with van der Waals surface area (Å²) in [5.74, 6) is -1.53. The zero-order valence-electron chi connectivity index (χ0n) is 8.59. The second-order valence-electron chi connectivity index (χ2n) is 3.23. The highest BCUT2D eigenvalue weighted by atomic mass is 19.1. The van der Waals surface area contributed by atoms with E-state index in [0.29, 0.717) is 11.4 Å². The number of hydrogen-bond acceptors (Lipinski definition) is 4. The van der Waals surface area contributed by atoms with Gasteiger partial charge in [-0.2, -0.15) is 0 Å². The van der Waals surface area contributed by atoms with Crippen LogP contribution in [-0.4, -0.2) is 16.2 Å². The van der Waals surface area contributed by atoms with Crippen LogP contribution in [0, 0.1) is 5.82 Å². The molecule has 17 heavy (non-hydrogen) atoms. The van der Waals surface area contributed by atoms with Crippen molar-refractivity contribution in [2.75, 3.05) is 0 Å². The quantitative estimate of drug-likeness (QED) is 0.881. The van der Waals surface area contributed by atoms with Gasteiger partial charge in [0.2, 0.25) is 5.76 Å². The van der Waals surface area contributed by atoms with Gasteiger partial charge in [-0.25, -0.2) is 9.18 Å². The van der Waals surface area contributed by atoms with Crippen LogP contribution >= 0.6 is 0 Å². The summed E-state index contributed by atoms with van der Waals surface area (Å²) in [6.07, 6.45) is 0. The lowest BCUT2D eigenvalue weighted by atomic mass is 10.3. The van der Waals surface area contributed by atoms with Crippen molar-refractivity contribution < 1.29 is 23.6 Å². The van der Waals surface area contributed by atoms with Gasteiger partial charge in [0.05, 0.1) is 0 Å². The predicted octanol–water partition coefficient (Wildman–Crippen LogP) is 2.09. The first-order valence-corrected chi connectivity index (χ1v) is 4.72. The third kappa shape index (κ3) is 2.81. The Labute approximate surface area is 95.4 Å². The number of ether oxygens (including phenoxy) is 1. The number of aromatic carboxylic acids is 1. The van der Waals surface area contributed by atoms with E-state index in [9.17, 15) is 9.18 Å². The van der Waals surface area contributed by atoms with E-state index in [1.165, 1.54) is 24.3 Å². The Kier molecular flexibility index (Phi) is 3.04. The summed E-state index contributed by atoms with van der Waals surface area (Å²) in [5, 5.41) is 12.1. The molecule has 0 saturated heterocycles. The van der Waals surface area contributed by atoms with Gasteiger partial charge in [-0.05, 0) is 12.1 Å². The van der Waals surface area contributed by atoms with Crippen LogP contribution in [0.4, 0.5) is 4.39 Å². The van der Waals surface area contributed by atoms with Crippen molar-refractivity contribution in [1.82, 2.24) is 5.16 Å². The molecule has 0 radical (unpaired) electrons. The summed E-state index contributed by atoms with van der Waals surface area (Å²) in [5.41, 5.74) is 0.326. The molecule has 0 aliphatic rings. The van der Waals surface area contributed by atoms with Crippen molar-refractivity contribution in [3.63, 3.8) is 0 Å². The third-order valence-corrected chi connectivity index (χ3v) is 1.95. The first-order valence-electron chi connectivity index (χ1n) is 4.72. The maximum absolute atomic E-state index is 12.8. The molecule has 2 rings (SSSR count). The number of carboxylic acids is 1. The van der Waals surface area contributed by atoms with E-state index >= 15 is 0 Å². The van der Waals surface area contributed by atoms with Crippen LogP contribution in [-0.2, 0) is 6.61 Å². The first-order chi connectivity index (χ1) is 8.15. The van der Waals surface area contributed by atoms with Crippen LogP contribution in [0.2, 0.25) is 0 Å². The second kappa shape index (κ2) is 4.65. The Hall–Kier alpha value is -2.37. The van der Waals surface area contributed by atoms with Crippen LogP contribution in [0.1, 0.15) is 16.2 Å². The van der Waals surface area contributed by atoms with Crippen LogP contribution in [0.15, 0.2) is 34.9 Å². The largest absolute Gasteiger partial charge is 0.487 e. The monoisotopic (exact) mass is 237 g/mol. The van der Waals surface area contributed by atoms with Gasteiger partial charge < -0.3 is 14.4 Å². The van der Waals surface area contributed by atoms with E-state index in [2.05, 4.69) is 9.68 Å². The molecule has 0 atom stereocenters. The first kappa shape index (κ1) is 11.1. The van der Waals surface area contributed by atoms with Crippen LogP contribution in [0.3, 0.4) is 0 Å². The van der Waals surface area contributed by atoms with Gasteiger partial charge in [0.25, 0.3) is 0 Å². The predicted molar refractivity (Wildman–Crippen MR) is 54.2 cm³/mol. The van der Waals surface area contributed by atoms with Gasteiger partial charge in [0.15, 0.2) is 0 Å². The van der Waals surface area contributed by atoms with Crippen LogP contribution < -0.4 is 4.74 Å². The molecule has 6 heteroatoms. The highest BCUT2D eigenvalue weighted by Crippen LogP contribution is 2.14. The molecular formula is C11H8FNO4. The number of aromatic nitrogens is 1. The minimum Gasteiger partial charge on any atom is -0.487 e. The minimum absolute atomic E-state index is 0.0141. The molecule has 0 spiro atoms. The van der Waals surface area contributed by atoms with Crippen molar-refractivity contribution in [3.05, 3.63) is 47.6 Å². The Bertz CT molecular complexity index is 538. The Morgan fingerprint density at radius 3 is 2.94 bits per heavy atom. The lowest BCUT2D eigenvalue weighted by molar-refractivity contribution is 0.0651. The van der Waals surface area contributed by atoms with Crippen molar-refractivity contribution >= 4 is 5.97 Å². The van der Waals surface area contributed by atoms with Crippen LogP contribution in [0.25, 0.3) is 0 Å². The SMILES string of the molecule is O=C(O)c1cc(COc2cccc(F)c2)no1. The Morgan fingerprint density at radius 2 is 2.29 bits per heavy atom. The molecule has 0 fully saturated rings. The fourth-order valence-corrected chi connectivity index (χ4v) is 1.19. The molecule has 5 nitrogen and oxygen atoms in total. The van der Waals surface area contributed by atoms with Gasteiger partial charge in [0, 0.05) is 12.1 Å². The van der Waals surface area contributed by atoms with Gasteiger partial charge in [-0.1, -0.05) is 11.2 Å². The van der Waals surface area contributed by atoms with Crippen molar-refractivity contribution in [2.24, 2.45) is 0 Å². The zero-order valence-corrected chi connectivity index (χ0v) is 8.59. The molecular weight excluding hydrogens is 229 g/mol. The van der Waals surface area contributed by atoms with Crippen molar-refractivity contribution in [3.8, 4) is 5.75 Å². The third-order valence-electron chi connectivity index (χ3n) is 1.95. The molecule has 1 aromatic carbocycles. The highest BCUT2D eigenvalue weighted by Gasteiger charge is 2.11. The summed E-state index contributed by atoms with van der Waals surface area (Å²) in [6.45, 7) is 0.0141. The van der Waals surface area contributed by atoms with Crippen LogP contribution in [0.5, 0.6) is 5.75 Å². The summed E-state index contributed by atoms with van der Waals surface area (Å²) in [6, 6.07) is 6.86. The van der Waals surface area contributed by atoms with E-state index in [1.807, 2.05) is 0 Å². The number of carbonyl (C=O) groups is 1. The molecule has 0 bridgehead atoms. The Balaban J connectivity index is 2.00. The van der Waals surface area contributed by atoms with E-state index in [-0.39, 0.29) is 12.4 Å². The molecule has 1 heterocycles. The Morgan fingerprint density at radius 1 is 1.47 bits per heavy atom. The fraction of sp³-hybridized carbons (Fsp3) is 0.0909. The van der Waals surface area contributed by atoms with E-state index in [0.717, 1.165) is 0 Å². The molecule has 0 unspecified atom stereocenters. The van der Waals surface area contributed by atoms with E-state index in [4.69, 9.17) is 9.84 Å². The van der Waals surface area contributed by atoms with Gasteiger partial charge in [0.1, 0.15) is 23.9 Å². The molecule has 0 aliphatic carbocycles. The molecule has 1 aromatic heterocycles. The molecule has 0 saturated carbocycles. The normalized spacial score (nSPS) is 10.2. The van der Waals surface area contributed by atoms with E-state index < -0.39 is 11.8 Å². The summed E-state index contributed by atoms with van der Waals surface area (Å²) in [4.78, 5) is 10.5. The maximum Gasteiger partial charge on any atom is 0.374 e. The van der Waals surface area contributed by atoms with Gasteiger partial charge in [-0.3, -0.25) is 0 Å². The smallest absolute Gasteiger partial charge is 0.374 e. The van der Waals surface area contributed by atoms with Crippen molar-refractivity contribution in [1.29, 1.82) is 0 Å². The number of nitrogens with zero attached hydrogens (tertiary/aromatic N) is 1. The number of halogens is 1. The average molecular weight is 237 g/mol. The topological polar surface area (TPSA) is 72.6 Å². The molecule has 1 N–H and O–H groups in total. The molecule has 88 valence electrons. The molecule has 2 aromatic rings. The summed E-state index contributed by atoms with van der Waals surface area (Å²) < 4.78 is 22.6. The lowest BCUT2D eigenvalue weighted by Crippen LogP contribution is -1.96. The van der Waals surface area contributed by atoms with Crippen molar-refractivity contribution in [2.45, 2.75) is 6.61 Å². The highest BCUT2D eigenvalue weighted by molar-refractivity contribution is 5.84. The summed E-state index contributed by atoms with van der Waals surface area (Å²) >= 11 is 0. The van der Waals surface area contributed by atoms with Gasteiger partial charge in [-0.15, -0.1) is 0 Å². The van der Waals surface area contributed by atoms with E-state index in [1.54, 1.807) is 6.07 Å². The fourth-order valence-electron chi connectivity index (χ4n) is 1.19. The maximum atomic E-state index is 12.8. The number of benzene rings is 1. The van der Waals surface area contributed by atoms with Gasteiger partial charge >= 0.3 is 5.97 Å². The number of hydrogen-bond donors (Lipinski definition) is 1. The number of carboxylic acid groups (broad SMARTS) is 1.